The van der Waals surface area contributed by atoms with E-state index in [0.29, 0.717) is 19.3 Å². The summed E-state index contributed by atoms with van der Waals surface area (Å²) in [4.78, 5) is 58.9. The van der Waals surface area contributed by atoms with E-state index >= 15 is 0 Å². The summed E-state index contributed by atoms with van der Waals surface area (Å²) in [6.45, 7) is 2.59. The monoisotopic (exact) mass is 1620 g/mol. The fourth-order valence-corrected chi connectivity index (χ4v) is 13.7. The summed E-state index contributed by atoms with van der Waals surface area (Å²) < 4.78 is 61.4. The van der Waals surface area contributed by atoms with E-state index < -0.39 is 91.5 Å². The van der Waals surface area contributed by atoms with Crippen molar-refractivity contribution >= 4 is 33.6 Å². The molecule has 18 heteroatoms. The molecule has 0 aliphatic rings. The van der Waals surface area contributed by atoms with Crippen LogP contribution in [0.1, 0.15) is 380 Å². The number of carbonyl (C=O) groups excluding carboxylic acids is 3. The lowest BCUT2D eigenvalue weighted by Crippen LogP contribution is -2.30. The molecule has 0 bridgehead atoms. The zero-order valence-electron chi connectivity index (χ0n) is 71.5. The first-order valence-electron chi connectivity index (χ1n) is 45.1. The number of ether oxygens (including phenoxy) is 3. The van der Waals surface area contributed by atoms with Crippen LogP contribution in [0.4, 0.5) is 0 Å². The highest BCUT2D eigenvalue weighted by Gasteiger charge is 2.29. The van der Waals surface area contributed by atoms with Crippen LogP contribution in [0.5, 0.6) is 0 Å². The maximum Gasteiger partial charge on any atom is 0.472 e. The summed E-state index contributed by atoms with van der Waals surface area (Å²) in [5, 5.41) is 20.7. The molecule has 5 unspecified atom stereocenters. The van der Waals surface area contributed by atoms with E-state index in [-0.39, 0.29) is 19.3 Å². The van der Waals surface area contributed by atoms with Crippen LogP contribution in [0.25, 0.3) is 0 Å². The second-order valence-electron chi connectivity index (χ2n) is 30.0. The van der Waals surface area contributed by atoms with Gasteiger partial charge in [-0.1, -0.05) is 353 Å². The van der Waals surface area contributed by atoms with E-state index in [9.17, 15) is 43.5 Å². The van der Waals surface area contributed by atoms with E-state index in [2.05, 4.69) is 167 Å². The smallest absolute Gasteiger partial charge is 0.463 e. The van der Waals surface area contributed by atoms with Crippen LogP contribution in [0.15, 0.2) is 146 Å². The maximum atomic E-state index is 13.0. The molecule has 0 rings (SSSR count). The number of phosphoric ester groups is 2. The predicted octanol–water partition coefficient (Wildman–Crippen LogP) is 27.6. The first-order chi connectivity index (χ1) is 55.2. The van der Waals surface area contributed by atoms with Gasteiger partial charge < -0.3 is 34.2 Å². The molecular weight excluding hydrogens is 1460 g/mol. The van der Waals surface area contributed by atoms with Gasteiger partial charge in [0.2, 0.25) is 0 Å². The first-order valence-corrected chi connectivity index (χ1v) is 48.1. The zero-order valence-corrected chi connectivity index (χ0v) is 73.3. The molecular formula is C95H164O16P2. The first kappa shape index (κ1) is 108. The van der Waals surface area contributed by atoms with Crippen molar-refractivity contribution in [1.29, 1.82) is 0 Å². The number of allylic oxidation sites excluding steroid dienone is 24. The van der Waals surface area contributed by atoms with Crippen LogP contribution in [0.2, 0.25) is 0 Å². The van der Waals surface area contributed by atoms with Gasteiger partial charge in [-0.15, -0.1) is 0 Å². The molecule has 0 aliphatic heterocycles. The number of aliphatic hydroxyl groups is 2. The Hall–Kier alpha value is -4.57. The Balaban J connectivity index is 4.52. The van der Waals surface area contributed by atoms with E-state index in [1.165, 1.54) is 173 Å². The number of phosphoric acid groups is 2. The molecule has 16 nitrogen and oxygen atoms in total. The summed E-state index contributed by atoms with van der Waals surface area (Å²) in [6.07, 6.45) is 109. The number of esters is 3. The third-order valence-corrected chi connectivity index (χ3v) is 20.9. The largest absolute Gasteiger partial charge is 0.472 e. The number of unbranched alkanes of at least 4 members (excludes halogenated alkanes) is 38. The highest BCUT2D eigenvalue weighted by Crippen LogP contribution is 2.45. The lowest BCUT2D eigenvalue weighted by Gasteiger charge is -2.21. The van der Waals surface area contributed by atoms with Crippen molar-refractivity contribution < 1.29 is 75.8 Å². The molecule has 0 aromatic rings. The van der Waals surface area contributed by atoms with Gasteiger partial charge in [-0.05, 0) is 154 Å². The Morgan fingerprint density at radius 1 is 0.248 bits per heavy atom. The van der Waals surface area contributed by atoms with Crippen LogP contribution in [0, 0.1) is 0 Å². The van der Waals surface area contributed by atoms with Crippen molar-refractivity contribution in [2.24, 2.45) is 0 Å². The van der Waals surface area contributed by atoms with Gasteiger partial charge in [0.15, 0.2) is 6.10 Å². The molecule has 0 saturated carbocycles. The number of rotatable bonds is 85. The lowest BCUT2D eigenvalue weighted by molar-refractivity contribution is -0.161. The standard InChI is InChI=1S/C95H164O16P2/c1-4-7-10-13-16-19-22-25-28-31-34-37-38-39-40-41-42-43-44-45-46-47-48-49-50-53-55-57-60-63-66-69-72-75-78-81-93(98)105-84-90(96)85-107-112(101,102)108-86-91(97)87-109-113(103,104)110-89-92(111-95(100)83-80-77-74-71-68-65-62-59-56-52-36-33-30-27-24-21-18-15-12-9-6-3)88-106-94(99)82-79-76-73-70-67-64-61-58-54-51-35-32-29-26-23-20-17-14-11-8-5-2/h16-21,25-30,34-37,39-40,51-52,58-59,61-62,90-92,96-97H,4-15,22-24,31-33,38,41-50,53-57,60,63-89H2,1-3H3,(H,101,102)(H,103,104)/b19-16-,20-17-,21-18-,28-25-,29-26-,30-27-,37-34-,40-39-,51-35-,52-36-,61-58-,62-59-. The van der Waals surface area contributed by atoms with Gasteiger partial charge in [-0.2, -0.15) is 0 Å². The third kappa shape index (κ3) is 88.1. The fourth-order valence-electron chi connectivity index (χ4n) is 12.1. The molecule has 113 heavy (non-hydrogen) atoms. The van der Waals surface area contributed by atoms with Gasteiger partial charge in [0, 0.05) is 19.3 Å². The molecule has 0 radical (unpaired) electrons. The molecule has 5 atom stereocenters. The normalized spacial score (nSPS) is 14.5. The van der Waals surface area contributed by atoms with Crippen molar-refractivity contribution in [2.75, 3.05) is 39.6 Å². The van der Waals surface area contributed by atoms with Crippen molar-refractivity contribution in [2.45, 2.75) is 399 Å². The van der Waals surface area contributed by atoms with Gasteiger partial charge in [0.25, 0.3) is 0 Å². The summed E-state index contributed by atoms with van der Waals surface area (Å²) in [5.74, 6) is -1.61. The van der Waals surface area contributed by atoms with Gasteiger partial charge in [-0.25, -0.2) is 9.13 Å². The van der Waals surface area contributed by atoms with Crippen LogP contribution in [-0.4, -0.2) is 95.9 Å². The van der Waals surface area contributed by atoms with Crippen LogP contribution in [0.3, 0.4) is 0 Å². The number of hydrogen-bond acceptors (Lipinski definition) is 14. The molecule has 0 aliphatic carbocycles. The number of aliphatic hydroxyl groups excluding tert-OH is 2. The van der Waals surface area contributed by atoms with Crippen molar-refractivity contribution in [1.82, 2.24) is 0 Å². The molecule has 0 fully saturated rings. The van der Waals surface area contributed by atoms with Gasteiger partial charge >= 0.3 is 33.6 Å². The van der Waals surface area contributed by atoms with Crippen LogP contribution in [-0.2, 0) is 55.8 Å². The summed E-state index contributed by atoms with van der Waals surface area (Å²) in [6, 6.07) is 0. The zero-order chi connectivity index (χ0) is 82.2. The van der Waals surface area contributed by atoms with Crippen LogP contribution >= 0.6 is 15.6 Å². The molecule has 0 aromatic carbocycles. The predicted molar refractivity (Wildman–Crippen MR) is 473 cm³/mol. The molecule has 4 N–H and O–H groups in total. The van der Waals surface area contributed by atoms with Crippen molar-refractivity contribution in [3.05, 3.63) is 146 Å². The van der Waals surface area contributed by atoms with Gasteiger partial charge in [-0.3, -0.25) is 32.5 Å². The quantitative estimate of drug-likeness (QED) is 0.0146. The van der Waals surface area contributed by atoms with Gasteiger partial charge in [0.05, 0.1) is 26.4 Å². The van der Waals surface area contributed by atoms with E-state index in [4.69, 9.17) is 32.3 Å². The number of hydrogen-bond donors (Lipinski definition) is 4. The Bertz CT molecular complexity index is 2630. The van der Waals surface area contributed by atoms with Crippen LogP contribution < -0.4 is 0 Å². The van der Waals surface area contributed by atoms with Crippen molar-refractivity contribution in [3.63, 3.8) is 0 Å². The third-order valence-electron chi connectivity index (χ3n) is 19.0. The SMILES string of the molecule is CCCCC/C=C\C/C=C\C/C=C\C/C=C\CCCCCCCCCCCCCCCCCCCCCC(=O)OCC(O)COP(=O)(O)OCC(O)COP(=O)(O)OCC(COC(=O)CCCCCCC/C=C\C/C=C\C/C=C\C/C=C\CCCCC)OC(=O)CCCCCCC/C=C\C/C=C\C/C=C\C/C=C\CCCCC. The lowest BCUT2D eigenvalue weighted by atomic mass is 10.0. The minimum atomic E-state index is -4.95. The summed E-state index contributed by atoms with van der Waals surface area (Å²) in [7, 11) is -9.82. The minimum absolute atomic E-state index is 0.0757. The average molecular weight is 1620 g/mol. The Morgan fingerprint density at radius 3 is 0.699 bits per heavy atom. The Labute approximate surface area is 689 Å². The summed E-state index contributed by atoms with van der Waals surface area (Å²) >= 11 is 0. The molecule has 0 heterocycles. The average Bonchev–Trinajstić information content (AvgIpc) is 0.899. The van der Waals surface area contributed by atoms with E-state index in [1.54, 1.807) is 0 Å². The number of carbonyl (C=O) groups is 3. The van der Waals surface area contributed by atoms with Gasteiger partial charge in [0.1, 0.15) is 25.4 Å². The maximum absolute atomic E-state index is 13.0. The molecule has 0 spiro atoms. The van der Waals surface area contributed by atoms with E-state index in [1.807, 2.05) is 0 Å². The molecule has 0 amide bonds. The summed E-state index contributed by atoms with van der Waals surface area (Å²) in [5.41, 5.74) is 0. The minimum Gasteiger partial charge on any atom is -0.463 e. The molecule has 650 valence electrons. The molecule has 0 aromatic heterocycles. The fraction of sp³-hybridized carbons (Fsp3) is 0.716. The Morgan fingerprint density at radius 2 is 0.442 bits per heavy atom. The second-order valence-corrected chi connectivity index (χ2v) is 32.9. The Kier molecular flexibility index (Phi) is 83.3. The van der Waals surface area contributed by atoms with Crippen molar-refractivity contribution in [3.8, 4) is 0 Å². The van der Waals surface area contributed by atoms with E-state index in [0.717, 1.165) is 148 Å². The second kappa shape index (κ2) is 86.8. The topological polar surface area (TPSA) is 231 Å². The highest BCUT2D eigenvalue weighted by atomic mass is 31.2. The highest BCUT2D eigenvalue weighted by molar-refractivity contribution is 7.47. The molecule has 0 saturated heterocycles.